The first kappa shape index (κ1) is 19.8. The molecule has 1 aliphatic heterocycles. The fourth-order valence-electron chi connectivity index (χ4n) is 2.95. The highest BCUT2D eigenvalue weighted by Gasteiger charge is 2.50. The molecule has 0 N–H and O–H groups in total. The van der Waals surface area contributed by atoms with Crippen LogP contribution in [0.1, 0.15) is 39.2 Å². The number of hydroxylamine groups is 1. The van der Waals surface area contributed by atoms with Gasteiger partial charge in [-0.15, -0.1) is 0 Å². The molecule has 1 heterocycles. The smallest absolute Gasteiger partial charge is 0.254 e. The Balaban J connectivity index is 2.34. The molecule has 1 aliphatic rings. The van der Waals surface area contributed by atoms with E-state index in [2.05, 4.69) is 20.8 Å². The van der Waals surface area contributed by atoms with Crippen molar-refractivity contribution in [2.75, 3.05) is 20.8 Å². The summed E-state index contributed by atoms with van der Waals surface area (Å²) in [6, 6.07) is 5.44. The van der Waals surface area contributed by atoms with Crippen LogP contribution in [-0.4, -0.2) is 51.9 Å². The molecule has 0 aromatic heterocycles. The minimum Gasteiger partial charge on any atom is -0.622 e. The summed E-state index contributed by atoms with van der Waals surface area (Å²) in [5.74, 6) is 1.24. The molecule has 0 bridgehead atoms. The van der Waals surface area contributed by atoms with Crippen LogP contribution < -0.4 is 9.47 Å². The zero-order chi connectivity index (χ0) is 18.6. The molecule has 0 spiro atoms. The Labute approximate surface area is 159 Å². The van der Waals surface area contributed by atoms with E-state index in [0.717, 1.165) is 34.0 Å². The third-order valence-electron chi connectivity index (χ3n) is 4.18. The molecule has 0 amide bonds. The zero-order valence-corrected chi connectivity index (χ0v) is 17.1. The fraction of sp³-hybridized carbons (Fsp3) is 0.556. The minimum absolute atomic E-state index is 0.278. The van der Waals surface area contributed by atoms with Crippen molar-refractivity contribution >= 4 is 34.5 Å². The van der Waals surface area contributed by atoms with Gasteiger partial charge in [0.1, 0.15) is 9.07 Å². The Morgan fingerprint density at radius 3 is 2.60 bits per heavy atom. The van der Waals surface area contributed by atoms with E-state index in [4.69, 9.17) is 21.7 Å². The molecule has 0 saturated carbocycles. The minimum atomic E-state index is -0.329. The van der Waals surface area contributed by atoms with Gasteiger partial charge in [-0.2, -0.15) is 4.74 Å². The molecule has 25 heavy (non-hydrogen) atoms. The number of unbranched alkanes of at least 4 members (excludes halogenated alkanes) is 1. The summed E-state index contributed by atoms with van der Waals surface area (Å²) in [5, 5.41) is 13.0. The molecule has 0 radical (unpaired) electrons. The average molecular weight is 383 g/mol. The lowest BCUT2D eigenvalue weighted by Gasteiger charge is -2.29. The first-order chi connectivity index (χ1) is 11.8. The lowest BCUT2D eigenvalue weighted by Crippen LogP contribution is -2.48. The van der Waals surface area contributed by atoms with Crippen LogP contribution in [0, 0.1) is 5.21 Å². The van der Waals surface area contributed by atoms with Crippen molar-refractivity contribution in [2.45, 2.75) is 44.5 Å². The molecule has 1 fully saturated rings. The number of hydrogen-bond donors (Lipinski definition) is 0. The van der Waals surface area contributed by atoms with Gasteiger partial charge in [-0.05, 0) is 38.5 Å². The molecule has 1 aromatic carbocycles. The quantitative estimate of drug-likeness (QED) is 0.235. The van der Waals surface area contributed by atoms with E-state index in [1.54, 1.807) is 44.3 Å². The van der Waals surface area contributed by atoms with E-state index in [9.17, 15) is 5.21 Å². The Morgan fingerprint density at radius 2 is 2.00 bits per heavy atom. The first-order valence-corrected chi connectivity index (χ1v) is 9.58. The zero-order valence-electron chi connectivity index (χ0n) is 15.4. The number of nitrogens with zero attached hydrogens (tertiary/aromatic N) is 2. The van der Waals surface area contributed by atoms with Crippen molar-refractivity contribution < 1.29 is 14.2 Å². The molecule has 5 nitrogen and oxygen atoms in total. The summed E-state index contributed by atoms with van der Waals surface area (Å²) in [5.41, 5.74) is 0.765. The van der Waals surface area contributed by atoms with Crippen molar-refractivity contribution in [3.63, 3.8) is 0 Å². The van der Waals surface area contributed by atoms with Gasteiger partial charge >= 0.3 is 0 Å². The average Bonchev–Trinajstić information content (AvgIpc) is 2.80. The summed E-state index contributed by atoms with van der Waals surface area (Å²) in [4.78, 5) is 2.05. The maximum absolute atomic E-state index is 13.0. The van der Waals surface area contributed by atoms with Crippen molar-refractivity contribution in [3.05, 3.63) is 29.0 Å². The highest BCUT2D eigenvalue weighted by molar-refractivity contribution is 8.24. The van der Waals surface area contributed by atoms with E-state index in [-0.39, 0.29) is 10.9 Å². The van der Waals surface area contributed by atoms with Gasteiger partial charge in [0.05, 0.1) is 14.2 Å². The van der Waals surface area contributed by atoms with Gasteiger partial charge in [-0.25, -0.2) is 0 Å². The molecule has 7 heteroatoms. The largest absolute Gasteiger partial charge is 0.622 e. The molecule has 1 unspecified atom stereocenters. The third kappa shape index (κ3) is 4.39. The number of thioether (sulfide) groups is 1. The van der Waals surface area contributed by atoms with Crippen LogP contribution in [-0.2, 0) is 0 Å². The van der Waals surface area contributed by atoms with Crippen molar-refractivity contribution in [2.24, 2.45) is 0 Å². The maximum atomic E-state index is 13.0. The van der Waals surface area contributed by atoms with Gasteiger partial charge in [-0.3, -0.25) is 4.90 Å². The molecule has 1 atom stereocenters. The number of thiocarbonyl (C=S) groups is 1. The van der Waals surface area contributed by atoms with E-state index in [0.29, 0.717) is 11.5 Å². The normalized spacial score (nSPS) is 20.0. The SMILES string of the molecule is CCCCN1C(=S)SC(C)(C)C1[N+]([O-])=Cc1ccc(OC)c(OC)c1. The standard InChI is InChI=1S/C18H26N2O3S2/c1-6-7-10-19-16(18(2,3)25-17(19)24)20(21)12-13-8-9-14(22-4)15(11-13)23-5/h8-9,11-12,16H,6-7,10H2,1-5H3. The van der Waals surface area contributed by atoms with E-state index in [1.165, 1.54) is 0 Å². The summed E-state index contributed by atoms with van der Waals surface area (Å²) in [7, 11) is 3.17. The van der Waals surface area contributed by atoms with Crippen LogP contribution in [0.15, 0.2) is 18.2 Å². The molecule has 0 aliphatic carbocycles. The van der Waals surface area contributed by atoms with E-state index < -0.39 is 0 Å². The molecule has 2 rings (SSSR count). The van der Waals surface area contributed by atoms with Crippen LogP contribution in [0.2, 0.25) is 0 Å². The van der Waals surface area contributed by atoms with Crippen LogP contribution >= 0.6 is 24.0 Å². The first-order valence-electron chi connectivity index (χ1n) is 8.36. The summed E-state index contributed by atoms with van der Waals surface area (Å²) in [6.07, 6.45) is 3.35. The van der Waals surface area contributed by atoms with E-state index in [1.807, 2.05) is 11.0 Å². The lowest BCUT2D eigenvalue weighted by molar-refractivity contribution is -0.523. The summed E-state index contributed by atoms with van der Waals surface area (Å²) < 4.78 is 12.1. The van der Waals surface area contributed by atoms with Crippen LogP contribution in [0.4, 0.5) is 0 Å². The fourth-order valence-corrected chi connectivity index (χ4v) is 4.88. The maximum Gasteiger partial charge on any atom is 0.254 e. The second kappa shape index (κ2) is 8.27. The Kier molecular flexibility index (Phi) is 6.57. The van der Waals surface area contributed by atoms with Gasteiger partial charge in [0, 0.05) is 12.1 Å². The van der Waals surface area contributed by atoms with Crippen molar-refractivity contribution in [1.29, 1.82) is 0 Å². The number of rotatable bonds is 7. The van der Waals surface area contributed by atoms with Crippen molar-refractivity contribution in [3.8, 4) is 11.5 Å². The van der Waals surface area contributed by atoms with Gasteiger partial charge < -0.3 is 14.7 Å². The van der Waals surface area contributed by atoms with Crippen LogP contribution in [0.5, 0.6) is 11.5 Å². The lowest BCUT2D eigenvalue weighted by atomic mass is 10.1. The van der Waals surface area contributed by atoms with Crippen LogP contribution in [0.3, 0.4) is 0 Å². The molecular weight excluding hydrogens is 356 g/mol. The molecular formula is C18H26N2O3S2. The summed E-state index contributed by atoms with van der Waals surface area (Å²) >= 11 is 7.10. The Bertz CT molecular complexity index is 662. The predicted octanol–water partition coefficient (Wildman–Crippen LogP) is 3.87. The number of hydrogen-bond acceptors (Lipinski definition) is 5. The van der Waals surface area contributed by atoms with Crippen LogP contribution in [0.25, 0.3) is 0 Å². The molecule has 1 saturated heterocycles. The van der Waals surface area contributed by atoms with Gasteiger partial charge in [0.2, 0.25) is 0 Å². The van der Waals surface area contributed by atoms with Gasteiger partial charge in [-0.1, -0.05) is 37.3 Å². The van der Waals surface area contributed by atoms with Crippen molar-refractivity contribution in [1.82, 2.24) is 4.90 Å². The highest BCUT2D eigenvalue weighted by atomic mass is 32.2. The second-order valence-electron chi connectivity index (χ2n) is 6.50. The predicted molar refractivity (Wildman–Crippen MR) is 108 cm³/mol. The van der Waals surface area contributed by atoms with Gasteiger partial charge in [0.15, 0.2) is 17.7 Å². The molecule has 138 valence electrons. The third-order valence-corrected chi connectivity index (χ3v) is 5.81. The number of methoxy groups -OCH3 is 2. The Morgan fingerprint density at radius 1 is 1.32 bits per heavy atom. The number of ether oxygens (including phenoxy) is 2. The second-order valence-corrected chi connectivity index (χ2v) is 8.78. The summed E-state index contributed by atoms with van der Waals surface area (Å²) in [6.45, 7) is 7.06. The Hall–Kier alpha value is -1.47. The molecule has 1 aromatic rings. The monoisotopic (exact) mass is 382 g/mol. The highest BCUT2D eigenvalue weighted by Crippen LogP contribution is 2.41. The number of benzene rings is 1. The van der Waals surface area contributed by atoms with E-state index >= 15 is 0 Å². The van der Waals surface area contributed by atoms with Gasteiger partial charge in [0.25, 0.3) is 6.17 Å². The topological polar surface area (TPSA) is 47.8 Å².